The van der Waals surface area contributed by atoms with Crippen LogP contribution in [-0.4, -0.2) is 25.8 Å². The second-order valence-electron chi connectivity index (χ2n) is 2.79. The van der Waals surface area contributed by atoms with E-state index < -0.39 is 0 Å². The van der Waals surface area contributed by atoms with Gasteiger partial charge in [-0.15, -0.1) is 0 Å². The fourth-order valence-corrected chi connectivity index (χ4v) is 0.935. The maximum atomic E-state index is 5.17. The standard InChI is InChI=1S/C8H12O4/c1-6(11-7-2-4-9-7)12-8-3-5-10-8/h7-8H,1-5H2. The van der Waals surface area contributed by atoms with Gasteiger partial charge in [0.2, 0.25) is 12.6 Å². The highest BCUT2D eigenvalue weighted by atomic mass is 16.8. The normalized spacial score (nSPS) is 33.0. The molecule has 4 nitrogen and oxygen atoms in total. The van der Waals surface area contributed by atoms with E-state index in [1.807, 2.05) is 0 Å². The third-order valence-corrected chi connectivity index (χ3v) is 1.84. The first kappa shape index (κ1) is 7.89. The van der Waals surface area contributed by atoms with Crippen LogP contribution < -0.4 is 0 Å². The predicted octanol–water partition coefficient (Wildman–Crippen LogP) is 0.984. The van der Waals surface area contributed by atoms with E-state index in [1.54, 1.807) is 0 Å². The SMILES string of the molecule is C=C(OC1CCO1)OC1CCO1. The zero-order valence-corrected chi connectivity index (χ0v) is 6.82. The van der Waals surface area contributed by atoms with Crippen LogP contribution in [-0.2, 0) is 18.9 Å². The number of hydrogen-bond donors (Lipinski definition) is 0. The molecule has 2 heterocycles. The molecule has 0 aliphatic carbocycles. The largest absolute Gasteiger partial charge is 0.436 e. The van der Waals surface area contributed by atoms with Gasteiger partial charge in [-0.1, -0.05) is 0 Å². The summed E-state index contributed by atoms with van der Waals surface area (Å²) in [6.45, 7) is 5.12. The van der Waals surface area contributed by atoms with Gasteiger partial charge in [0.15, 0.2) is 0 Å². The highest BCUT2D eigenvalue weighted by molar-refractivity contribution is 4.74. The van der Waals surface area contributed by atoms with Gasteiger partial charge in [-0.25, -0.2) is 0 Å². The minimum atomic E-state index is -0.155. The van der Waals surface area contributed by atoms with Crippen LogP contribution in [0.5, 0.6) is 0 Å². The Kier molecular flexibility index (Phi) is 2.19. The molecule has 2 unspecified atom stereocenters. The summed E-state index contributed by atoms with van der Waals surface area (Å²) in [6, 6.07) is 0. The number of rotatable bonds is 4. The van der Waals surface area contributed by atoms with Gasteiger partial charge in [0, 0.05) is 12.8 Å². The zero-order valence-electron chi connectivity index (χ0n) is 6.82. The smallest absolute Gasteiger partial charge is 0.276 e. The Balaban J connectivity index is 1.62. The summed E-state index contributed by atoms with van der Waals surface area (Å²) >= 11 is 0. The van der Waals surface area contributed by atoms with Crippen LogP contribution in [0.1, 0.15) is 12.8 Å². The summed E-state index contributed by atoms with van der Waals surface area (Å²) in [7, 11) is 0. The van der Waals surface area contributed by atoms with Gasteiger partial charge >= 0.3 is 0 Å². The van der Waals surface area contributed by atoms with Gasteiger partial charge in [0.25, 0.3) is 5.95 Å². The van der Waals surface area contributed by atoms with E-state index in [1.165, 1.54) is 0 Å². The first-order valence-corrected chi connectivity index (χ1v) is 4.10. The van der Waals surface area contributed by atoms with Crippen molar-refractivity contribution in [1.29, 1.82) is 0 Å². The van der Waals surface area contributed by atoms with Crippen LogP contribution in [0.4, 0.5) is 0 Å². The van der Waals surface area contributed by atoms with Gasteiger partial charge in [-0.05, 0) is 6.58 Å². The maximum absolute atomic E-state index is 5.17. The quantitative estimate of drug-likeness (QED) is 0.592. The Hall–Kier alpha value is -0.740. The van der Waals surface area contributed by atoms with Crippen molar-refractivity contribution in [1.82, 2.24) is 0 Å². The van der Waals surface area contributed by atoms with Crippen molar-refractivity contribution < 1.29 is 18.9 Å². The lowest BCUT2D eigenvalue weighted by Crippen LogP contribution is -2.33. The Morgan fingerprint density at radius 2 is 1.50 bits per heavy atom. The van der Waals surface area contributed by atoms with E-state index in [9.17, 15) is 0 Å². The van der Waals surface area contributed by atoms with Gasteiger partial charge in [-0.2, -0.15) is 0 Å². The molecule has 0 N–H and O–H groups in total. The highest BCUT2D eigenvalue weighted by Gasteiger charge is 2.24. The molecule has 2 saturated heterocycles. The van der Waals surface area contributed by atoms with E-state index in [2.05, 4.69) is 6.58 Å². The monoisotopic (exact) mass is 172 g/mol. The minimum Gasteiger partial charge on any atom is -0.436 e. The molecule has 0 aromatic carbocycles. The van der Waals surface area contributed by atoms with Crippen LogP contribution >= 0.6 is 0 Å². The number of hydrogen-bond acceptors (Lipinski definition) is 4. The molecule has 0 aromatic rings. The van der Waals surface area contributed by atoms with Crippen LogP contribution in [0.3, 0.4) is 0 Å². The maximum Gasteiger partial charge on any atom is 0.276 e. The van der Waals surface area contributed by atoms with Crippen molar-refractivity contribution in [2.75, 3.05) is 13.2 Å². The molecule has 0 amide bonds. The Morgan fingerprint density at radius 1 is 1.08 bits per heavy atom. The average molecular weight is 172 g/mol. The minimum absolute atomic E-state index is 0.155. The van der Waals surface area contributed by atoms with Crippen LogP contribution in [0.25, 0.3) is 0 Å². The molecule has 0 saturated carbocycles. The van der Waals surface area contributed by atoms with Crippen LogP contribution in [0, 0.1) is 0 Å². The highest BCUT2D eigenvalue weighted by Crippen LogP contribution is 2.20. The summed E-state index contributed by atoms with van der Waals surface area (Å²) in [5.41, 5.74) is 0. The van der Waals surface area contributed by atoms with E-state index >= 15 is 0 Å². The first-order valence-electron chi connectivity index (χ1n) is 4.10. The molecule has 68 valence electrons. The Morgan fingerprint density at radius 3 is 1.75 bits per heavy atom. The van der Waals surface area contributed by atoms with Gasteiger partial charge < -0.3 is 18.9 Å². The molecule has 2 aliphatic rings. The molecule has 0 bridgehead atoms. The summed E-state index contributed by atoms with van der Waals surface area (Å²) in [5, 5.41) is 0. The van der Waals surface area contributed by atoms with Crippen LogP contribution in [0.2, 0.25) is 0 Å². The van der Waals surface area contributed by atoms with Crippen molar-refractivity contribution in [2.45, 2.75) is 25.4 Å². The molecule has 2 rings (SSSR count). The first-order chi connectivity index (χ1) is 5.84. The molecule has 0 radical (unpaired) electrons. The van der Waals surface area contributed by atoms with Crippen molar-refractivity contribution in [2.24, 2.45) is 0 Å². The zero-order chi connectivity index (χ0) is 8.39. The van der Waals surface area contributed by atoms with Crippen molar-refractivity contribution in [3.05, 3.63) is 12.5 Å². The van der Waals surface area contributed by atoms with Crippen molar-refractivity contribution in [3.63, 3.8) is 0 Å². The van der Waals surface area contributed by atoms with Gasteiger partial charge in [0.1, 0.15) is 0 Å². The summed E-state index contributed by atoms with van der Waals surface area (Å²) in [6.07, 6.45) is 1.51. The molecule has 0 aromatic heterocycles. The fourth-order valence-electron chi connectivity index (χ4n) is 0.935. The molecule has 2 fully saturated rings. The predicted molar refractivity (Wildman–Crippen MR) is 40.0 cm³/mol. The second-order valence-corrected chi connectivity index (χ2v) is 2.79. The summed E-state index contributed by atoms with van der Waals surface area (Å²) in [4.78, 5) is 0. The molecule has 2 aliphatic heterocycles. The Bertz CT molecular complexity index is 154. The van der Waals surface area contributed by atoms with Crippen LogP contribution in [0.15, 0.2) is 12.5 Å². The molecular weight excluding hydrogens is 160 g/mol. The Labute approximate surface area is 71.0 Å². The van der Waals surface area contributed by atoms with E-state index in [0.29, 0.717) is 5.95 Å². The van der Waals surface area contributed by atoms with Gasteiger partial charge in [-0.3, -0.25) is 0 Å². The van der Waals surface area contributed by atoms with E-state index in [-0.39, 0.29) is 12.6 Å². The van der Waals surface area contributed by atoms with Crippen molar-refractivity contribution in [3.8, 4) is 0 Å². The lowest BCUT2D eigenvalue weighted by Gasteiger charge is -2.31. The summed E-state index contributed by atoms with van der Waals surface area (Å²) in [5.74, 6) is 0.296. The lowest BCUT2D eigenvalue weighted by atomic mass is 10.3. The third kappa shape index (κ3) is 1.70. The van der Waals surface area contributed by atoms with Gasteiger partial charge in [0.05, 0.1) is 13.2 Å². The lowest BCUT2D eigenvalue weighted by molar-refractivity contribution is -0.261. The topological polar surface area (TPSA) is 36.9 Å². The second kappa shape index (κ2) is 3.33. The molecule has 12 heavy (non-hydrogen) atoms. The fraction of sp³-hybridized carbons (Fsp3) is 0.750. The molecule has 0 spiro atoms. The average Bonchev–Trinajstić information content (AvgIpc) is 1.89. The molecular formula is C8H12O4. The van der Waals surface area contributed by atoms with E-state index in [0.717, 1.165) is 26.1 Å². The number of ether oxygens (including phenoxy) is 4. The third-order valence-electron chi connectivity index (χ3n) is 1.84. The summed E-state index contributed by atoms with van der Waals surface area (Å²) < 4.78 is 20.4. The van der Waals surface area contributed by atoms with E-state index in [4.69, 9.17) is 18.9 Å². The molecule has 2 atom stereocenters. The molecule has 4 heteroatoms. The van der Waals surface area contributed by atoms with Crippen molar-refractivity contribution >= 4 is 0 Å².